The van der Waals surface area contributed by atoms with Gasteiger partial charge in [0, 0.05) is 0 Å². The zero-order valence-electron chi connectivity index (χ0n) is 46.9. The topological polar surface area (TPSA) is 374 Å². The van der Waals surface area contributed by atoms with Gasteiger partial charge in [-0.25, -0.2) is 0 Å². The average molecular weight is 1130 g/mol. The second-order valence-electron chi connectivity index (χ2n) is 26.2. The molecule has 8 rings (SSSR count). The van der Waals surface area contributed by atoms with Gasteiger partial charge in [-0.15, -0.1) is 0 Å². The summed E-state index contributed by atoms with van der Waals surface area (Å²) in [5.74, 6) is -0.320. The van der Waals surface area contributed by atoms with Crippen molar-refractivity contribution in [2.24, 2.45) is 44.8 Å². The third kappa shape index (κ3) is 11.0. The Labute approximate surface area is 462 Å². The summed E-state index contributed by atoms with van der Waals surface area (Å²) < 4.78 is 48.8. The standard InChI is InChI=1S/C56H92O23/c1-24(10-11-25(2)52(3,4)5)26-15-19-56(51(70)71)28-12-13-33-53(6,7)34(16-17-54(33,8)27(28)14-18-55(26,56)9)76-50-46(79-48-42(68)39(65)36(62)30(21-58)73-48)45(37(63)31(22-59)74-50)78-49-43(69)40(66)44(32(23-60)75-49)77-47-41(67)38(64)35(61)29(20-57)72-47/h24,26,29-50,57-69H,2,10-23H2,1,3-9H3,(H,70,71)/t24-,26-,29-,30-,31-,32-,33+,34+,35+,36+,37+,38+,39+,40-,41-,42-,43-,44+,45+,46-,47+,48+,49+,50+,54-,55-,56+/m1/s1. The summed E-state index contributed by atoms with van der Waals surface area (Å²) >= 11 is 0. The summed E-state index contributed by atoms with van der Waals surface area (Å²) in [6.07, 6.45) is -29.6. The molecule has 23 nitrogen and oxygen atoms in total. The molecule has 23 heteroatoms. The molecule has 0 amide bonds. The van der Waals surface area contributed by atoms with Crippen LogP contribution in [-0.4, -0.2) is 233 Å². The van der Waals surface area contributed by atoms with Gasteiger partial charge >= 0.3 is 5.97 Å². The summed E-state index contributed by atoms with van der Waals surface area (Å²) in [7, 11) is 0. The predicted octanol–water partition coefficient (Wildman–Crippen LogP) is -0.523. The van der Waals surface area contributed by atoms with E-state index >= 15 is 0 Å². The van der Waals surface area contributed by atoms with E-state index in [4.69, 9.17) is 37.9 Å². The third-order valence-corrected chi connectivity index (χ3v) is 20.7. The number of ether oxygens (including phenoxy) is 8. The van der Waals surface area contributed by atoms with Gasteiger partial charge in [0.1, 0.15) is 97.7 Å². The monoisotopic (exact) mass is 1130 g/mol. The Morgan fingerprint density at radius 3 is 1.61 bits per heavy atom. The molecular formula is C56H92O23. The van der Waals surface area contributed by atoms with Gasteiger partial charge in [-0.1, -0.05) is 78.7 Å². The molecule has 0 bridgehead atoms. The number of aliphatic hydroxyl groups excluding tert-OH is 13. The third-order valence-electron chi connectivity index (χ3n) is 20.7. The van der Waals surface area contributed by atoms with Crippen LogP contribution in [0.15, 0.2) is 23.3 Å². The molecule has 14 N–H and O–H groups in total. The van der Waals surface area contributed by atoms with Gasteiger partial charge in [-0.2, -0.15) is 0 Å². The fourth-order valence-corrected chi connectivity index (χ4v) is 15.7. The minimum absolute atomic E-state index is 0.0178. The van der Waals surface area contributed by atoms with Crippen LogP contribution in [0.4, 0.5) is 0 Å². The Hall–Kier alpha value is -1.89. The van der Waals surface area contributed by atoms with Crippen LogP contribution in [0.1, 0.15) is 120 Å². The van der Waals surface area contributed by atoms with Crippen molar-refractivity contribution < 1.29 is 114 Å². The maximum atomic E-state index is 14.1. The molecule has 0 radical (unpaired) electrons. The molecule has 4 aliphatic carbocycles. The molecule has 454 valence electrons. The van der Waals surface area contributed by atoms with Crippen molar-refractivity contribution in [3.63, 3.8) is 0 Å². The van der Waals surface area contributed by atoms with Crippen molar-refractivity contribution in [2.45, 2.75) is 249 Å². The maximum absolute atomic E-state index is 14.1. The van der Waals surface area contributed by atoms with E-state index in [9.17, 15) is 76.3 Å². The first kappa shape index (κ1) is 63.1. The Kier molecular flexibility index (Phi) is 19.1. The maximum Gasteiger partial charge on any atom is 0.314 e. The minimum Gasteiger partial charge on any atom is -0.481 e. The number of carbonyl (C=O) groups is 1. The lowest BCUT2D eigenvalue weighted by molar-refractivity contribution is -0.404. The number of rotatable bonds is 17. The second-order valence-corrected chi connectivity index (χ2v) is 26.2. The van der Waals surface area contributed by atoms with Gasteiger partial charge in [0.15, 0.2) is 25.2 Å². The molecule has 0 aromatic heterocycles. The van der Waals surface area contributed by atoms with Crippen LogP contribution in [0.25, 0.3) is 0 Å². The van der Waals surface area contributed by atoms with Gasteiger partial charge in [-0.3, -0.25) is 4.79 Å². The largest absolute Gasteiger partial charge is 0.481 e. The first-order valence-corrected chi connectivity index (χ1v) is 28.4. The number of carboxylic acid groups (broad SMARTS) is 1. The van der Waals surface area contributed by atoms with Gasteiger partial charge in [-0.05, 0) is 104 Å². The highest BCUT2D eigenvalue weighted by Crippen LogP contribution is 2.73. The lowest BCUT2D eigenvalue weighted by Crippen LogP contribution is -2.68. The van der Waals surface area contributed by atoms with E-state index in [1.54, 1.807) is 0 Å². The highest BCUT2D eigenvalue weighted by Gasteiger charge is 2.69. The van der Waals surface area contributed by atoms with Gasteiger partial charge < -0.3 is 109 Å². The molecule has 8 aliphatic rings. The van der Waals surface area contributed by atoms with Crippen LogP contribution in [-0.2, 0) is 42.7 Å². The highest BCUT2D eigenvalue weighted by molar-refractivity contribution is 5.82. The minimum atomic E-state index is -2.11. The highest BCUT2D eigenvalue weighted by atomic mass is 16.8. The van der Waals surface area contributed by atoms with E-state index in [0.29, 0.717) is 38.0 Å². The molecule has 0 spiro atoms. The van der Waals surface area contributed by atoms with E-state index in [0.717, 1.165) is 37.7 Å². The Bertz CT molecular complexity index is 2150. The molecule has 4 saturated heterocycles. The normalized spacial score (nSPS) is 48.6. The Morgan fingerprint density at radius 1 is 0.582 bits per heavy atom. The second kappa shape index (κ2) is 23.9. The molecule has 79 heavy (non-hydrogen) atoms. The van der Waals surface area contributed by atoms with Crippen LogP contribution in [0.2, 0.25) is 0 Å². The molecule has 2 saturated carbocycles. The first-order valence-electron chi connectivity index (χ1n) is 28.4. The quantitative estimate of drug-likeness (QED) is 0.0815. The SMILES string of the molecule is C=C(CC[C@@H](C)[C@H]1CC[C@@]2(C(=O)O)C3=C(CC[C@]12C)[C@@]1(C)CC[C@H](O[C@@H]2O[C@H](CO)[C@H](O)[C@H](O[C@@H]4O[C@H](CO)[C@H](O[C@@H]5O[C@H](CO)[C@H](O)[C@H](O)[C@H]5O)[C@H](O)[C@H]4O)[C@H]2O[C@@H]2O[C@H](CO)[C@H](O)[C@H](O)[C@H]2O)C(C)(C)[C@@H]1CC3)C(C)(C)C. The van der Waals surface area contributed by atoms with E-state index in [1.807, 2.05) is 0 Å². The van der Waals surface area contributed by atoms with E-state index in [1.165, 1.54) is 11.1 Å². The smallest absolute Gasteiger partial charge is 0.314 e. The zero-order chi connectivity index (χ0) is 58.2. The zero-order valence-corrected chi connectivity index (χ0v) is 46.9. The van der Waals surface area contributed by atoms with Crippen LogP contribution in [0, 0.1) is 44.8 Å². The van der Waals surface area contributed by atoms with Gasteiger partial charge in [0.05, 0.1) is 37.9 Å². The first-order chi connectivity index (χ1) is 37.0. The molecule has 0 aromatic carbocycles. The Balaban J connectivity index is 1.07. The lowest BCUT2D eigenvalue weighted by Gasteiger charge is -2.62. The van der Waals surface area contributed by atoms with Gasteiger partial charge in [0.2, 0.25) is 0 Å². The summed E-state index contributed by atoms with van der Waals surface area (Å²) in [5, 5.41) is 152. The lowest BCUT2D eigenvalue weighted by atomic mass is 9.43. The van der Waals surface area contributed by atoms with Crippen molar-refractivity contribution in [1.29, 1.82) is 0 Å². The van der Waals surface area contributed by atoms with Crippen molar-refractivity contribution in [2.75, 3.05) is 26.4 Å². The molecule has 6 fully saturated rings. The fraction of sp³-hybridized carbons (Fsp3) is 0.911. The Morgan fingerprint density at radius 2 is 1.08 bits per heavy atom. The van der Waals surface area contributed by atoms with E-state index < -0.39 is 183 Å². The predicted molar refractivity (Wildman–Crippen MR) is 275 cm³/mol. The van der Waals surface area contributed by atoms with Crippen LogP contribution < -0.4 is 0 Å². The van der Waals surface area contributed by atoms with Crippen LogP contribution >= 0.6 is 0 Å². The summed E-state index contributed by atoms with van der Waals surface area (Å²) in [6.45, 7) is 18.4. The molecule has 4 aliphatic heterocycles. The van der Waals surface area contributed by atoms with Gasteiger partial charge in [0.25, 0.3) is 0 Å². The summed E-state index contributed by atoms with van der Waals surface area (Å²) in [5.41, 5.74) is 0.824. The summed E-state index contributed by atoms with van der Waals surface area (Å²) in [4.78, 5) is 14.1. The molecule has 0 aromatic rings. The van der Waals surface area contributed by atoms with Crippen molar-refractivity contribution >= 4 is 5.97 Å². The molecule has 0 unspecified atom stereocenters. The number of hydrogen-bond acceptors (Lipinski definition) is 22. The number of aliphatic carboxylic acids is 1. The number of carboxylic acids is 1. The molecule has 4 heterocycles. The number of allylic oxidation sites excluding steroid dienone is 2. The number of aliphatic hydroxyl groups is 13. The van der Waals surface area contributed by atoms with Crippen LogP contribution in [0.5, 0.6) is 0 Å². The van der Waals surface area contributed by atoms with Crippen molar-refractivity contribution in [3.8, 4) is 0 Å². The molecule has 27 atom stereocenters. The van der Waals surface area contributed by atoms with Crippen molar-refractivity contribution in [1.82, 2.24) is 0 Å². The van der Waals surface area contributed by atoms with E-state index in [2.05, 4.69) is 62.0 Å². The number of hydrogen-bond donors (Lipinski definition) is 14. The van der Waals surface area contributed by atoms with Crippen molar-refractivity contribution in [3.05, 3.63) is 23.3 Å². The average Bonchev–Trinajstić information content (AvgIpc) is 3.94. The number of fused-ring (bicyclic) bond motifs is 4. The fourth-order valence-electron chi connectivity index (χ4n) is 15.7. The molecular weight excluding hydrogens is 1040 g/mol. The van der Waals surface area contributed by atoms with E-state index in [-0.39, 0.29) is 17.3 Å². The summed E-state index contributed by atoms with van der Waals surface area (Å²) in [6, 6.07) is 0. The van der Waals surface area contributed by atoms with Crippen LogP contribution in [0.3, 0.4) is 0 Å².